The van der Waals surface area contributed by atoms with E-state index in [1.807, 2.05) is 4.90 Å². The highest BCUT2D eigenvalue weighted by Crippen LogP contribution is 2.40. The van der Waals surface area contributed by atoms with Crippen LogP contribution in [0.15, 0.2) is 18.3 Å². The highest BCUT2D eigenvalue weighted by molar-refractivity contribution is 7.51. The number of nitrogens with zero attached hydrogens (tertiary/aromatic N) is 2. The molecule has 1 aliphatic rings. The number of piperidine rings is 1. The molecule has 0 aliphatic carbocycles. The number of hydrogen-bond donors (Lipinski definition) is 2. The molecule has 3 rings (SSSR count). The van der Waals surface area contributed by atoms with Crippen LogP contribution in [0, 0.1) is 11.7 Å². The summed E-state index contributed by atoms with van der Waals surface area (Å²) in [6, 6.07) is 3.46. The summed E-state index contributed by atoms with van der Waals surface area (Å²) in [5, 5.41) is 0.654. The zero-order chi connectivity index (χ0) is 19.6. The second kappa shape index (κ2) is 8.00. The maximum Gasteiger partial charge on any atom is 0.325 e. The Morgan fingerprint density at radius 3 is 2.44 bits per heavy atom. The van der Waals surface area contributed by atoms with Crippen LogP contribution in [0.2, 0.25) is 0 Å². The van der Waals surface area contributed by atoms with Crippen molar-refractivity contribution >= 4 is 24.2 Å². The van der Waals surface area contributed by atoms with Crippen molar-refractivity contribution in [2.24, 2.45) is 5.92 Å². The Bertz CT molecular complexity index is 864. The molecular weight excluding hydrogens is 374 g/mol. The molecule has 0 spiro atoms. The van der Waals surface area contributed by atoms with Gasteiger partial charge < -0.3 is 24.2 Å². The van der Waals surface area contributed by atoms with Crippen molar-refractivity contribution in [3.8, 4) is 11.5 Å². The third kappa shape index (κ3) is 4.51. The molecule has 1 aromatic carbocycles. The first-order chi connectivity index (χ1) is 12.8. The topological polar surface area (TPSA) is 92.1 Å². The minimum Gasteiger partial charge on any atom is -0.493 e. The van der Waals surface area contributed by atoms with Gasteiger partial charge in [-0.2, -0.15) is 0 Å². The second-order valence-electron chi connectivity index (χ2n) is 6.79. The SMILES string of the molecule is COc1cc2ncc(F)c(N3CCC(CCP(=O)(O)O)CC3)c2cc1OC. The zero-order valence-corrected chi connectivity index (χ0v) is 16.3. The van der Waals surface area contributed by atoms with E-state index in [1.165, 1.54) is 20.4 Å². The minimum absolute atomic E-state index is 0.0960. The molecule has 1 aromatic heterocycles. The third-order valence-electron chi connectivity index (χ3n) is 5.06. The van der Waals surface area contributed by atoms with E-state index in [0.29, 0.717) is 47.6 Å². The minimum atomic E-state index is -3.97. The van der Waals surface area contributed by atoms with Gasteiger partial charge in [0, 0.05) is 24.5 Å². The molecule has 0 bridgehead atoms. The molecule has 0 unspecified atom stereocenters. The van der Waals surface area contributed by atoms with Gasteiger partial charge in [-0.1, -0.05) is 0 Å². The van der Waals surface area contributed by atoms with Crippen molar-refractivity contribution < 1.29 is 28.2 Å². The molecule has 0 saturated carbocycles. The Hall–Kier alpha value is -1.89. The summed E-state index contributed by atoms with van der Waals surface area (Å²) in [5.41, 5.74) is 1.10. The quantitative estimate of drug-likeness (QED) is 0.722. The van der Waals surface area contributed by atoms with Gasteiger partial charge in [0.05, 0.1) is 37.8 Å². The van der Waals surface area contributed by atoms with E-state index in [9.17, 15) is 8.96 Å². The predicted octanol–water partition coefficient (Wildman–Crippen LogP) is 3.18. The van der Waals surface area contributed by atoms with Crippen LogP contribution in [0.3, 0.4) is 0 Å². The standard InChI is InChI=1S/C18H24FN2O5P/c1-25-16-9-13-15(10-17(16)26-2)20-11-14(19)18(13)21-6-3-12(4-7-21)5-8-27(22,23)24/h9-12H,3-8H2,1-2H3,(H2,22,23,24). The number of fused-ring (bicyclic) bond motifs is 1. The van der Waals surface area contributed by atoms with E-state index in [1.54, 1.807) is 12.1 Å². The third-order valence-corrected chi connectivity index (χ3v) is 5.90. The number of hydrogen-bond acceptors (Lipinski definition) is 5. The summed E-state index contributed by atoms with van der Waals surface area (Å²) < 4.78 is 36.3. The van der Waals surface area contributed by atoms with Crippen LogP contribution in [0.4, 0.5) is 10.1 Å². The number of rotatable bonds is 6. The number of aromatic nitrogens is 1. The smallest absolute Gasteiger partial charge is 0.325 e. The monoisotopic (exact) mass is 398 g/mol. The van der Waals surface area contributed by atoms with Crippen LogP contribution in [0.5, 0.6) is 11.5 Å². The van der Waals surface area contributed by atoms with Gasteiger partial charge in [0.2, 0.25) is 0 Å². The van der Waals surface area contributed by atoms with Gasteiger partial charge in [0.25, 0.3) is 0 Å². The molecule has 0 atom stereocenters. The van der Waals surface area contributed by atoms with Gasteiger partial charge in [-0.05, 0) is 31.2 Å². The van der Waals surface area contributed by atoms with Gasteiger partial charge >= 0.3 is 7.60 Å². The molecule has 2 N–H and O–H groups in total. The fraction of sp³-hybridized carbons (Fsp3) is 0.500. The van der Waals surface area contributed by atoms with Crippen LogP contribution < -0.4 is 14.4 Å². The van der Waals surface area contributed by atoms with Crippen LogP contribution >= 0.6 is 7.60 Å². The summed E-state index contributed by atoms with van der Waals surface area (Å²) >= 11 is 0. The normalized spacial score (nSPS) is 16.0. The Labute approximate surface area is 157 Å². The molecule has 1 aliphatic heterocycles. The predicted molar refractivity (Wildman–Crippen MR) is 101 cm³/mol. The highest BCUT2D eigenvalue weighted by atomic mass is 31.2. The summed E-state index contributed by atoms with van der Waals surface area (Å²) in [6.07, 6.45) is 3.13. The molecule has 2 aromatic rings. The van der Waals surface area contributed by atoms with Gasteiger partial charge in [-0.3, -0.25) is 9.55 Å². The number of halogens is 1. The number of pyridine rings is 1. The Morgan fingerprint density at radius 1 is 1.22 bits per heavy atom. The summed E-state index contributed by atoms with van der Waals surface area (Å²) in [6.45, 7) is 1.24. The summed E-state index contributed by atoms with van der Waals surface area (Å²) in [7, 11) is -0.902. The molecule has 0 radical (unpaired) electrons. The highest BCUT2D eigenvalue weighted by Gasteiger charge is 2.26. The molecule has 27 heavy (non-hydrogen) atoms. The van der Waals surface area contributed by atoms with Crippen LogP contribution in [-0.2, 0) is 4.57 Å². The number of methoxy groups -OCH3 is 2. The molecule has 7 nitrogen and oxygen atoms in total. The largest absolute Gasteiger partial charge is 0.493 e. The van der Waals surface area contributed by atoms with Gasteiger partial charge in [-0.25, -0.2) is 4.39 Å². The van der Waals surface area contributed by atoms with E-state index in [2.05, 4.69) is 4.98 Å². The molecular formula is C18H24FN2O5P. The number of anilines is 1. The molecule has 148 valence electrons. The molecule has 1 fully saturated rings. The lowest BCUT2D eigenvalue weighted by molar-refractivity contribution is 0.350. The average Bonchev–Trinajstić information content (AvgIpc) is 2.65. The lowest BCUT2D eigenvalue weighted by Gasteiger charge is -2.34. The lowest BCUT2D eigenvalue weighted by Crippen LogP contribution is -2.34. The van der Waals surface area contributed by atoms with Crippen molar-refractivity contribution in [3.63, 3.8) is 0 Å². The fourth-order valence-corrected chi connectivity index (χ4v) is 4.30. The molecule has 0 amide bonds. The summed E-state index contributed by atoms with van der Waals surface area (Å²) in [5.74, 6) is 0.879. The molecule has 2 heterocycles. The number of ether oxygens (including phenoxy) is 2. The van der Waals surface area contributed by atoms with Crippen molar-refractivity contribution in [2.45, 2.75) is 19.3 Å². The van der Waals surface area contributed by atoms with Gasteiger partial charge in [-0.15, -0.1) is 0 Å². The molecule has 1 saturated heterocycles. The van der Waals surface area contributed by atoms with E-state index in [4.69, 9.17) is 19.3 Å². The van der Waals surface area contributed by atoms with Crippen molar-refractivity contribution in [1.82, 2.24) is 4.98 Å². The first-order valence-corrected chi connectivity index (χ1v) is 10.6. The maximum atomic E-state index is 14.6. The van der Waals surface area contributed by atoms with E-state index in [-0.39, 0.29) is 12.1 Å². The molecule has 9 heteroatoms. The first kappa shape index (κ1) is 19.9. The van der Waals surface area contributed by atoms with E-state index < -0.39 is 13.4 Å². The van der Waals surface area contributed by atoms with Crippen LogP contribution in [0.1, 0.15) is 19.3 Å². The number of benzene rings is 1. The first-order valence-electron chi connectivity index (χ1n) is 8.82. The van der Waals surface area contributed by atoms with Gasteiger partial charge in [0.15, 0.2) is 17.3 Å². The Balaban J connectivity index is 1.84. The lowest BCUT2D eigenvalue weighted by atomic mass is 9.93. The Morgan fingerprint density at radius 2 is 1.85 bits per heavy atom. The Kier molecular flexibility index (Phi) is 5.89. The van der Waals surface area contributed by atoms with Crippen molar-refractivity contribution in [3.05, 3.63) is 24.1 Å². The van der Waals surface area contributed by atoms with E-state index >= 15 is 0 Å². The maximum absolute atomic E-state index is 14.6. The van der Waals surface area contributed by atoms with Gasteiger partial charge in [0.1, 0.15) is 0 Å². The fourth-order valence-electron chi connectivity index (χ4n) is 3.60. The zero-order valence-electron chi connectivity index (χ0n) is 15.4. The van der Waals surface area contributed by atoms with Crippen LogP contribution in [0.25, 0.3) is 10.9 Å². The average molecular weight is 398 g/mol. The van der Waals surface area contributed by atoms with Crippen molar-refractivity contribution in [1.29, 1.82) is 0 Å². The van der Waals surface area contributed by atoms with E-state index in [0.717, 1.165) is 12.8 Å². The second-order valence-corrected chi connectivity index (χ2v) is 8.56. The van der Waals surface area contributed by atoms with Crippen LogP contribution in [-0.4, -0.2) is 48.2 Å². The van der Waals surface area contributed by atoms with Crippen molar-refractivity contribution in [2.75, 3.05) is 38.4 Å². The summed E-state index contributed by atoms with van der Waals surface area (Å²) in [4.78, 5) is 24.2.